The molecular weight excluding hydrogens is 350 g/mol. The first-order valence-electron chi connectivity index (χ1n) is 8.98. The second-order valence-corrected chi connectivity index (χ2v) is 6.65. The standard InChI is InChI=1S/C23H17N3O2/c1-28-17-9-6-14(7-10-17)15-8-11-18-16(12-15)13-21(24-18)22-23(27)26-20-5-3-2-4-19(20)25-22/h2-13,24H,1H3,(H,26,27). The van der Waals surface area contributed by atoms with Gasteiger partial charge in [0.1, 0.15) is 5.75 Å². The van der Waals surface area contributed by atoms with Crippen LogP contribution in [0.15, 0.2) is 77.6 Å². The van der Waals surface area contributed by atoms with E-state index in [1.54, 1.807) is 7.11 Å². The number of H-pyrrole nitrogens is 2. The lowest BCUT2D eigenvalue weighted by Crippen LogP contribution is -2.11. The number of hydrogen-bond acceptors (Lipinski definition) is 3. The SMILES string of the molecule is COc1ccc(-c2ccc3[nH]c(-c4nc5ccccc5[nH]c4=O)cc3c2)cc1. The van der Waals surface area contributed by atoms with Gasteiger partial charge in [-0.3, -0.25) is 4.79 Å². The van der Waals surface area contributed by atoms with Crippen LogP contribution in [0.2, 0.25) is 0 Å². The lowest BCUT2D eigenvalue weighted by molar-refractivity contribution is 0.415. The smallest absolute Gasteiger partial charge is 0.276 e. The van der Waals surface area contributed by atoms with Crippen LogP contribution in [0.5, 0.6) is 5.75 Å². The third-order valence-corrected chi connectivity index (χ3v) is 4.90. The van der Waals surface area contributed by atoms with Gasteiger partial charge in [-0.05, 0) is 53.6 Å². The molecule has 0 aliphatic carbocycles. The maximum Gasteiger partial charge on any atom is 0.276 e. The molecule has 5 rings (SSSR count). The minimum absolute atomic E-state index is 0.208. The summed E-state index contributed by atoms with van der Waals surface area (Å²) in [6.45, 7) is 0. The predicted molar refractivity (Wildman–Crippen MR) is 112 cm³/mol. The number of aromatic amines is 2. The molecule has 136 valence electrons. The monoisotopic (exact) mass is 367 g/mol. The van der Waals surface area contributed by atoms with Crippen molar-refractivity contribution in [2.45, 2.75) is 0 Å². The summed E-state index contributed by atoms with van der Waals surface area (Å²) in [5.74, 6) is 0.829. The molecule has 2 heterocycles. The molecule has 0 spiro atoms. The molecule has 0 aliphatic rings. The van der Waals surface area contributed by atoms with Crippen LogP contribution in [0.1, 0.15) is 0 Å². The van der Waals surface area contributed by atoms with Gasteiger partial charge in [-0.15, -0.1) is 0 Å². The Morgan fingerprint density at radius 1 is 0.821 bits per heavy atom. The molecule has 0 saturated heterocycles. The molecule has 5 heteroatoms. The number of ether oxygens (including phenoxy) is 1. The van der Waals surface area contributed by atoms with Gasteiger partial charge in [-0.25, -0.2) is 4.98 Å². The van der Waals surface area contributed by atoms with E-state index in [2.05, 4.69) is 27.1 Å². The van der Waals surface area contributed by atoms with Crippen LogP contribution >= 0.6 is 0 Å². The molecule has 0 aliphatic heterocycles. The van der Waals surface area contributed by atoms with Crippen LogP contribution in [0, 0.1) is 0 Å². The first-order valence-corrected chi connectivity index (χ1v) is 8.98. The van der Waals surface area contributed by atoms with Crippen molar-refractivity contribution in [3.63, 3.8) is 0 Å². The second kappa shape index (κ2) is 6.39. The molecular formula is C23H17N3O2. The van der Waals surface area contributed by atoms with E-state index >= 15 is 0 Å². The van der Waals surface area contributed by atoms with Gasteiger partial charge in [0, 0.05) is 10.9 Å². The van der Waals surface area contributed by atoms with Crippen LogP contribution in [0.25, 0.3) is 44.5 Å². The largest absolute Gasteiger partial charge is 0.497 e. The zero-order chi connectivity index (χ0) is 19.1. The van der Waals surface area contributed by atoms with Crippen molar-refractivity contribution < 1.29 is 4.74 Å². The van der Waals surface area contributed by atoms with Gasteiger partial charge in [0.05, 0.1) is 23.8 Å². The lowest BCUT2D eigenvalue weighted by atomic mass is 10.0. The molecule has 0 bridgehead atoms. The number of hydrogen-bond donors (Lipinski definition) is 2. The molecule has 0 unspecified atom stereocenters. The molecule has 2 aromatic heterocycles. The fourth-order valence-corrected chi connectivity index (χ4v) is 3.44. The molecule has 0 atom stereocenters. The fourth-order valence-electron chi connectivity index (χ4n) is 3.44. The van der Waals surface area contributed by atoms with Crippen LogP contribution in [0.3, 0.4) is 0 Å². The van der Waals surface area contributed by atoms with Gasteiger partial charge in [0.25, 0.3) is 5.56 Å². The molecule has 5 nitrogen and oxygen atoms in total. The zero-order valence-corrected chi connectivity index (χ0v) is 15.2. The van der Waals surface area contributed by atoms with Gasteiger partial charge in [0.2, 0.25) is 0 Å². The highest BCUT2D eigenvalue weighted by Gasteiger charge is 2.11. The van der Waals surface area contributed by atoms with Gasteiger partial charge in [-0.2, -0.15) is 0 Å². The minimum atomic E-state index is -0.208. The molecule has 0 radical (unpaired) electrons. The van der Waals surface area contributed by atoms with E-state index in [1.807, 2.05) is 60.7 Å². The van der Waals surface area contributed by atoms with Crippen molar-refractivity contribution in [2.75, 3.05) is 7.11 Å². The van der Waals surface area contributed by atoms with E-state index in [0.717, 1.165) is 38.8 Å². The minimum Gasteiger partial charge on any atom is -0.497 e. The average molecular weight is 367 g/mol. The van der Waals surface area contributed by atoms with Crippen molar-refractivity contribution in [1.82, 2.24) is 15.0 Å². The van der Waals surface area contributed by atoms with Crippen molar-refractivity contribution in [3.05, 3.63) is 83.2 Å². The number of rotatable bonds is 3. The first kappa shape index (κ1) is 16.3. The van der Waals surface area contributed by atoms with Crippen molar-refractivity contribution in [3.8, 4) is 28.3 Å². The van der Waals surface area contributed by atoms with E-state index in [4.69, 9.17) is 4.74 Å². The zero-order valence-electron chi connectivity index (χ0n) is 15.2. The Kier molecular flexibility index (Phi) is 3.72. The van der Waals surface area contributed by atoms with Crippen LogP contribution in [0.4, 0.5) is 0 Å². The second-order valence-electron chi connectivity index (χ2n) is 6.65. The number of nitrogens with zero attached hydrogens (tertiary/aromatic N) is 1. The molecule has 0 fully saturated rings. The van der Waals surface area contributed by atoms with E-state index in [1.165, 1.54) is 0 Å². The number of methoxy groups -OCH3 is 1. The Bertz CT molecular complexity index is 1360. The van der Waals surface area contributed by atoms with E-state index < -0.39 is 0 Å². The highest BCUT2D eigenvalue weighted by atomic mass is 16.5. The predicted octanol–water partition coefficient (Wildman–Crippen LogP) is 4.75. The molecule has 5 aromatic rings. The Morgan fingerprint density at radius 2 is 1.61 bits per heavy atom. The Balaban J connectivity index is 1.60. The number of aromatic nitrogens is 3. The van der Waals surface area contributed by atoms with E-state index in [9.17, 15) is 4.79 Å². The maximum absolute atomic E-state index is 12.5. The van der Waals surface area contributed by atoms with Crippen molar-refractivity contribution in [1.29, 1.82) is 0 Å². The van der Waals surface area contributed by atoms with Crippen LogP contribution < -0.4 is 10.3 Å². The summed E-state index contributed by atoms with van der Waals surface area (Å²) >= 11 is 0. The molecule has 3 aromatic carbocycles. The Hall–Kier alpha value is -3.86. The van der Waals surface area contributed by atoms with Crippen LogP contribution in [-0.4, -0.2) is 22.1 Å². The Labute approximate surface area is 160 Å². The van der Waals surface area contributed by atoms with Gasteiger partial charge in [-0.1, -0.05) is 30.3 Å². The number of fused-ring (bicyclic) bond motifs is 2. The van der Waals surface area contributed by atoms with Crippen molar-refractivity contribution >= 4 is 21.9 Å². The third-order valence-electron chi connectivity index (χ3n) is 4.90. The van der Waals surface area contributed by atoms with E-state index in [-0.39, 0.29) is 5.56 Å². The van der Waals surface area contributed by atoms with E-state index in [0.29, 0.717) is 11.4 Å². The number of para-hydroxylation sites is 2. The molecule has 0 saturated carbocycles. The van der Waals surface area contributed by atoms with Crippen LogP contribution in [-0.2, 0) is 0 Å². The fraction of sp³-hybridized carbons (Fsp3) is 0.0435. The van der Waals surface area contributed by atoms with Gasteiger partial charge >= 0.3 is 0 Å². The summed E-state index contributed by atoms with van der Waals surface area (Å²) in [5.41, 5.74) is 5.54. The highest BCUT2D eigenvalue weighted by molar-refractivity contribution is 5.89. The third kappa shape index (κ3) is 2.74. The number of nitrogens with one attached hydrogen (secondary N) is 2. The molecule has 2 N–H and O–H groups in total. The number of benzene rings is 3. The van der Waals surface area contributed by atoms with Gasteiger partial charge < -0.3 is 14.7 Å². The lowest BCUT2D eigenvalue weighted by Gasteiger charge is -2.04. The first-order chi connectivity index (χ1) is 13.7. The average Bonchev–Trinajstić information content (AvgIpc) is 3.16. The summed E-state index contributed by atoms with van der Waals surface area (Å²) in [6.07, 6.45) is 0. The molecule has 28 heavy (non-hydrogen) atoms. The summed E-state index contributed by atoms with van der Waals surface area (Å²) in [5, 5.41) is 1.03. The Morgan fingerprint density at radius 3 is 2.43 bits per heavy atom. The molecule has 0 amide bonds. The normalized spacial score (nSPS) is 11.2. The summed E-state index contributed by atoms with van der Waals surface area (Å²) in [4.78, 5) is 23.3. The summed E-state index contributed by atoms with van der Waals surface area (Å²) < 4.78 is 5.22. The summed E-state index contributed by atoms with van der Waals surface area (Å²) in [7, 11) is 1.66. The van der Waals surface area contributed by atoms with Gasteiger partial charge in [0.15, 0.2) is 5.69 Å². The highest BCUT2D eigenvalue weighted by Crippen LogP contribution is 2.28. The topological polar surface area (TPSA) is 70.8 Å². The quantitative estimate of drug-likeness (QED) is 0.483. The summed E-state index contributed by atoms with van der Waals surface area (Å²) in [6, 6.07) is 23.6. The maximum atomic E-state index is 12.5. The van der Waals surface area contributed by atoms with Crippen molar-refractivity contribution in [2.24, 2.45) is 0 Å².